The van der Waals surface area contributed by atoms with E-state index in [2.05, 4.69) is 10.3 Å². The molecule has 1 saturated heterocycles. The van der Waals surface area contributed by atoms with Gasteiger partial charge in [-0.2, -0.15) is 13.2 Å². The summed E-state index contributed by atoms with van der Waals surface area (Å²) in [5.74, 6) is -0.0161. The number of carbonyl (C=O) groups excluding carboxylic acids is 2. The van der Waals surface area contributed by atoms with E-state index in [0.29, 0.717) is 31.5 Å². The van der Waals surface area contributed by atoms with E-state index in [-0.39, 0.29) is 45.8 Å². The molecule has 0 aliphatic carbocycles. The second kappa shape index (κ2) is 8.22. The van der Waals surface area contributed by atoms with Crippen molar-refractivity contribution >= 4 is 34.9 Å². The molecule has 4 rings (SSSR count). The lowest BCUT2D eigenvalue weighted by Crippen LogP contribution is -2.28. The Bertz CT molecular complexity index is 1130. The smallest absolute Gasteiger partial charge is 0.420 e. The highest BCUT2D eigenvalue weighted by Crippen LogP contribution is 2.39. The van der Waals surface area contributed by atoms with Gasteiger partial charge >= 0.3 is 6.18 Å². The topological polar surface area (TPSA) is 75.4 Å². The molecule has 1 aromatic carbocycles. The van der Waals surface area contributed by atoms with Gasteiger partial charge in [0, 0.05) is 30.2 Å². The van der Waals surface area contributed by atoms with Crippen LogP contribution in [0, 0.1) is 0 Å². The van der Waals surface area contributed by atoms with Gasteiger partial charge in [0.05, 0.1) is 28.7 Å². The molecule has 10 heteroatoms. The molecule has 0 radical (unpaired) electrons. The molecule has 2 aromatic heterocycles. The molecule has 0 saturated carbocycles. The fourth-order valence-electron chi connectivity index (χ4n) is 3.57. The molecule has 2 amide bonds. The second-order valence-corrected chi connectivity index (χ2v) is 7.84. The number of furan rings is 1. The van der Waals surface area contributed by atoms with E-state index in [1.807, 2.05) is 0 Å². The molecule has 0 spiro atoms. The maximum Gasteiger partial charge on any atom is 0.420 e. The number of amides is 2. The van der Waals surface area contributed by atoms with Gasteiger partial charge in [-0.25, -0.2) is 0 Å². The number of halogens is 4. The number of hydrogen-bond donors (Lipinski definition) is 1. The van der Waals surface area contributed by atoms with Crippen LogP contribution in [0.5, 0.6) is 0 Å². The number of alkyl halides is 4. The summed E-state index contributed by atoms with van der Waals surface area (Å²) in [6.07, 6.45) is -2.14. The van der Waals surface area contributed by atoms with Crippen LogP contribution in [-0.2, 0) is 17.5 Å². The van der Waals surface area contributed by atoms with Crippen molar-refractivity contribution in [1.29, 1.82) is 0 Å². The van der Waals surface area contributed by atoms with Crippen LogP contribution in [0.25, 0.3) is 22.2 Å². The first kappa shape index (κ1) is 21.2. The molecule has 31 heavy (non-hydrogen) atoms. The zero-order chi connectivity index (χ0) is 22.2. The highest BCUT2D eigenvalue weighted by atomic mass is 35.5. The molecule has 0 bridgehead atoms. The van der Waals surface area contributed by atoms with Crippen molar-refractivity contribution in [2.75, 3.05) is 13.1 Å². The average Bonchev–Trinajstić information content (AvgIpc) is 3.36. The number of aromatic nitrogens is 1. The van der Waals surface area contributed by atoms with E-state index >= 15 is 0 Å². The van der Waals surface area contributed by atoms with Gasteiger partial charge < -0.3 is 14.6 Å². The number of carbonyl (C=O) groups is 2. The van der Waals surface area contributed by atoms with Gasteiger partial charge in [0.1, 0.15) is 11.3 Å². The number of nitrogens with one attached hydrogen (secondary N) is 1. The minimum Gasteiger partial charge on any atom is -0.459 e. The molecule has 162 valence electrons. The molecule has 6 nitrogen and oxygen atoms in total. The predicted octanol–water partition coefficient (Wildman–Crippen LogP) is 4.21. The van der Waals surface area contributed by atoms with Gasteiger partial charge in [-0.3, -0.25) is 14.6 Å². The zero-order valence-corrected chi connectivity index (χ0v) is 16.8. The lowest BCUT2D eigenvalue weighted by Gasteiger charge is -2.15. The molecule has 1 fully saturated rings. The molecular weight excluding hydrogens is 435 g/mol. The Kier molecular flexibility index (Phi) is 5.62. The Morgan fingerprint density at radius 3 is 2.74 bits per heavy atom. The molecule has 1 unspecified atom stereocenters. The lowest BCUT2D eigenvalue weighted by atomic mass is 10.0. The molecule has 1 aliphatic heterocycles. The molecule has 1 N–H and O–H groups in total. The average molecular weight is 452 g/mol. The molecular formula is C21H17ClF3N3O3. The summed E-state index contributed by atoms with van der Waals surface area (Å²) in [5, 5.41) is 2.52. The van der Waals surface area contributed by atoms with Gasteiger partial charge in [-0.15, -0.1) is 11.6 Å². The normalized spacial score (nSPS) is 16.6. The number of fused-ring (bicyclic) bond motifs is 1. The number of nitrogens with zero attached hydrogens (tertiary/aromatic N) is 2. The van der Waals surface area contributed by atoms with Gasteiger partial charge in [0.15, 0.2) is 0 Å². The fourth-order valence-corrected chi connectivity index (χ4v) is 3.83. The van der Waals surface area contributed by atoms with Crippen LogP contribution in [-0.4, -0.2) is 40.7 Å². The Labute approximate surface area is 180 Å². The van der Waals surface area contributed by atoms with Crippen molar-refractivity contribution in [3.63, 3.8) is 0 Å². The number of benzene rings is 1. The summed E-state index contributed by atoms with van der Waals surface area (Å²) >= 11 is 6.04. The number of rotatable bonds is 5. The number of likely N-dealkylation sites (tertiary alicyclic amines) is 1. The quantitative estimate of drug-likeness (QED) is 0.465. The van der Waals surface area contributed by atoms with Crippen LogP contribution in [0.15, 0.2) is 40.9 Å². The largest absolute Gasteiger partial charge is 0.459 e. The standard InChI is InChI=1S/C21H17ClF3N3O3/c22-15-3-4-28(10-15)20(30)12-1-2-18(27-8-12)13-5-14-6-16(9-26-11-29)31-19(14)17(7-13)21(23,24)25/h1-2,5-8,11,15H,3-4,9-10H2,(H,26,29). The SMILES string of the molecule is O=CNCc1cc2cc(-c3ccc(C(=O)N4CCC(Cl)C4)cn3)cc(C(F)(F)F)c2o1. The lowest BCUT2D eigenvalue weighted by molar-refractivity contribution is -0.136. The van der Waals surface area contributed by atoms with E-state index in [0.717, 1.165) is 6.07 Å². The second-order valence-electron chi connectivity index (χ2n) is 7.22. The van der Waals surface area contributed by atoms with Crippen molar-refractivity contribution in [2.45, 2.75) is 24.5 Å². The highest BCUT2D eigenvalue weighted by Gasteiger charge is 2.35. The van der Waals surface area contributed by atoms with E-state index < -0.39 is 11.7 Å². The van der Waals surface area contributed by atoms with Crippen LogP contribution < -0.4 is 5.32 Å². The third kappa shape index (κ3) is 4.36. The summed E-state index contributed by atoms with van der Waals surface area (Å²) in [6, 6.07) is 6.99. The minimum absolute atomic E-state index is 0.0282. The third-order valence-corrected chi connectivity index (χ3v) is 5.41. The highest BCUT2D eigenvalue weighted by molar-refractivity contribution is 6.21. The first-order valence-electron chi connectivity index (χ1n) is 9.46. The number of hydrogen-bond acceptors (Lipinski definition) is 4. The maximum atomic E-state index is 13.6. The maximum absolute atomic E-state index is 13.6. The Balaban J connectivity index is 1.68. The summed E-state index contributed by atoms with van der Waals surface area (Å²) in [5.41, 5.74) is -0.386. The molecule has 1 atom stereocenters. The van der Waals surface area contributed by atoms with Gasteiger partial charge in [0.2, 0.25) is 6.41 Å². The van der Waals surface area contributed by atoms with Crippen molar-refractivity contribution in [2.24, 2.45) is 0 Å². The zero-order valence-electron chi connectivity index (χ0n) is 16.1. The Morgan fingerprint density at radius 2 is 2.13 bits per heavy atom. The van der Waals surface area contributed by atoms with Gasteiger partial charge in [0.25, 0.3) is 5.91 Å². The van der Waals surface area contributed by atoms with Crippen molar-refractivity contribution in [3.05, 3.63) is 53.4 Å². The molecule has 1 aliphatic rings. The summed E-state index contributed by atoms with van der Waals surface area (Å²) in [4.78, 5) is 28.8. The van der Waals surface area contributed by atoms with Crippen LogP contribution in [0.2, 0.25) is 0 Å². The first-order valence-corrected chi connectivity index (χ1v) is 9.90. The molecule has 3 heterocycles. The van der Waals surface area contributed by atoms with Gasteiger partial charge in [-0.1, -0.05) is 0 Å². The predicted molar refractivity (Wildman–Crippen MR) is 108 cm³/mol. The van der Waals surface area contributed by atoms with Gasteiger partial charge in [-0.05, 0) is 36.8 Å². The van der Waals surface area contributed by atoms with Crippen LogP contribution in [0.4, 0.5) is 13.2 Å². The van der Waals surface area contributed by atoms with E-state index in [1.165, 1.54) is 24.4 Å². The Hall–Kier alpha value is -3.07. The molecule has 3 aromatic rings. The van der Waals surface area contributed by atoms with Crippen molar-refractivity contribution < 1.29 is 27.2 Å². The monoisotopic (exact) mass is 451 g/mol. The minimum atomic E-state index is -4.65. The van der Waals surface area contributed by atoms with E-state index in [4.69, 9.17) is 16.0 Å². The third-order valence-electron chi connectivity index (χ3n) is 5.06. The summed E-state index contributed by atoms with van der Waals surface area (Å²) < 4.78 is 46.2. The van der Waals surface area contributed by atoms with Crippen LogP contribution in [0.1, 0.15) is 28.1 Å². The summed E-state index contributed by atoms with van der Waals surface area (Å²) in [6.45, 7) is 0.983. The van der Waals surface area contributed by atoms with Crippen molar-refractivity contribution in [1.82, 2.24) is 15.2 Å². The summed E-state index contributed by atoms with van der Waals surface area (Å²) in [7, 11) is 0. The van der Waals surface area contributed by atoms with E-state index in [9.17, 15) is 22.8 Å². The Morgan fingerprint density at radius 1 is 1.32 bits per heavy atom. The van der Waals surface area contributed by atoms with Crippen LogP contribution in [0.3, 0.4) is 0 Å². The fraction of sp³-hybridized carbons (Fsp3) is 0.286. The van der Waals surface area contributed by atoms with Crippen molar-refractivity contribution in [3.8, 4) is 11.3 Å². The first-order chi connectivity index (χ1) is 14.8. The van der Waals surface area contributed by atoms with E-state index in [1.54, 1.807) is 11.0 Å². The van der Waals surface area contributed by atoms with Crippen LogP contribution >= 0.6 is 11.6 Å². The number of pyridine rings is 1.